The minimum atomic E-state index is -0.574. The van der Waals surface area contributed by atoms with Crippen LogP contribution >= 0.6 is 0 Å². The molecule has 1 saturated carbocycles. The lowest BCUT2D eigenvalue weighted by Crippen LogP contribution is -2.44. The molecule has 0 aliphatic heterocycles. The predicted octanol–water partition coefficient (Wildman–Crippen LogP) is 3.55. The lowest BCUT2D eigenvalue weighted by atomic mass is 9.92. The number of ether oxygens (including phenoxy) is 1. The van der Waals surface area contributed by atoms with Crippen molar-refractivity contribution in [3.8, 4) is 11.8 Å². The maximum absolute atomic E-state index is 13.4. The first-order chi connectivity index (χ1) is 10.1. The smallest absolute Gasteiger partial charge is 0.165 e. The first kappa shape index (κ1) is 15.7. The maximum atomic E-state index is 13.4. The second-order valence-electron chi connectivity index (χ2n) is 5.49. The summed E-state index contributed by atoms with van der Waals surface area (Å²) in [5, 5.41) is 12.8. The van der Waals surface area contributed by atoms with Crippen molar-refractivity contribution in [3.63, 3.8) is 0 Å². The molecule has 1 atom stereocenters. The fourth-order valence-corrected chi connectivity index (χ4v) is 2.28. The van der Waals surface area contributed by atoms with Gasteiger partial charge in [-0.15, -0.1) is 0 Å². The first-order valence-corrected chi connectivity index (χ1v) is 7.35. The fourth-order valence-electron chi connectivity index (χ4n) is 2.28. The topological polar surface area (TPSA) is 45.0 Å². The van der Waals surface area contributed by atoms with Crippen molar-refractivity contribution in [1.29, 1.82) is 5.26 Å². The second-order valence-corrected chi connectivity index (χ2v) is 5.49. The molecule has 2 rings (SSSR count). The van der Waals surface area contributed by atoms with Crippen LogP contribution in [0.25, 0.3) is 0 Å². The average Bonchev–Trinajstić information content (AvgIpc) is 3.29. The van der Waals surface area contributed by atoms with E-state index in [9.17, 15) is 14.0 Å². The lowest BCUT2D eigenvalue weighted by molar-refractivity contribution is 0.264. The Morgan fingerprint density at radius 1 is 1.43 bits per heavy atom. The molecule has 1 aromatic rings. The Morgan fingerprint density at radius 3 is 2.81 bits per heavy atom. The molecule has 0 radical (unpaired) electrons. The Kier molecular flexibility index (Phi) is 5.13. The van der Waals surface area contributed by atoms with Gasteiger partial charge in [0.25, 0.3) is 0 Å². The SMILES string of the molecule is CCC(C#N)(CCCOc1cc(F)ccc1F)NC1CC1. The van der Waals surface area contributed by atoms with Crippen molar-refractivity contribution < 1.29 is 13.5 Å². The summed E-state index contributed by atoms with van der Waals surface area (Å²) in [5.74, 6) is -1.18. The highest BCUT2D eigenvalue weighted by atomic mass is 19.1. The zero-order chi connectivity index (χ0) is 15.3. The second kappa shape index (κ2) is 6.86. The van der Waals surface area contributed by atoms with E-state index in [4.69, 9.17) is 4.74 Å². The van der Waals surface area contributed by atoms with Crippen LogP contribution in [0.5, 0.6) is 5.75 Å². The highest BCUT2D eigenvalue weighted by Gasteiger charge is 2.34. The Hall–Kier alpha value is -1.67. The zero-order valence-electron chi connectivity index (χ0n) is 12.2. The molecule has 1 aliphatic carbocycles. The Morgan fingerprint density at radius 2 is 2.19 bits per heavy atom. The lowest BCUT2D eigenvalue weighted by Gasteiger charge is -2.26. The normalized spacial score (nSPS) is 17.0. The summed E-state index contributed by atoms with van der Waals surface area (Å²) in [6.45, 7) is 2.24. The molecule has 0 amide bonds. The third-order valence-electron chi connectivity index (χ3n) is 3.77. The van der Waals surface area contributed by atoms with Gasteiger partial charge in [0.15, 0.2) is 11.6 Å². The standard InChI is InChI=1S/C16H20F2N2O/c1-2-16(11-19,20-13-5-6-13)8-3-9-21-15-10-12(17)4-7-14(15)18/h4,7,10,13,20H,2-3,5-6,8-9H2,1H3. The number of nitrogens with one attached hydrogen (secondary N) is 1. The minimum absolute atomic E-state index is 0.0794. The van der Waals surface area contributed by atoms with Crippen molar-refractivity contribution in [2.75, 3.05) is 6.61 Å². The minimum Gasteiger partial charge on any atom is -0.490 e. The molecular formula is C16H20F2N2O. The summed E-state index contributed by atoms with van der Waals surface area (Å²) in [5.41, 5.74) is -0.537. The molecule has 21 heavy (non-hydrogen) atoms. The summed E-state index contributed by atoms with van der Waals surface area (Å²) in [6, 6.07) is 5.94. The van der Waals surface area contributed by atoms with Gasteiger partial charge in [0.1, 0.15) is 11.4 Å². The molecule has 114 valence electrons. The van der Waals surface area contributed by atoms with Crippen molar-refractivity contribution in [2.45, 2.75) is 50.6 Å². The molecule has 1 aliphatic rings. The molecule has 1 aromatic carbocycles. The maximum Gasteiger partial charge on any atom is 0.165 e. The molecule has 0 heterocycles. The van der Waals surface area contributed by atoms with Crippen LogP contribution in [0.4, 0.5) is 8.78 Å². The highest BCUT2D eigenvalue weighted by Crippen LogP contribution is 2.27. The van der Waals surface area contributed by atoms with Gasteiger partial charge in [0, 0.05) is 12.1 Å². The molecule has 1 N–H and O–H groups in total. The molecule has 1 unspecified atom stereocenters. The van der Waals surface area contributed by atoms with Gasteiger partial charge in [-0.3, -0.25) is 5.32 Å². The van der Waals surface area contributed by atoms with E-state index in [-0.39, 0.29) is 12.4 Å². The van der Waals surface area contributed by atoms with Crippen LogP contribution in [0.2, 0.25) is 0 Å². The van der Waals surface area contributed by atoms with Crippen molar-refractivity contribution in [1.82, 2.24) is 5.32 Å². The van der Waals surface area contributed by atoms with Gasteiger partial charge in [0.05, 0.1) is 12.7 Å². The molecule has 5 heteroatoms. The van der Waals surface area contributed by atoms with E-state index in [1.54, 1.807) is 0 Å². The van der Waals surface area contributed by atoms with Gasteiger partial charge < -0.3 is 4.74 Å². The number of benzene rings is 1. The van der Waals surface area contributed by atoms with E-state index in [1.807, 2.05) is 6.92 Å². The number of rotatable bonds is 8. The number of hydrogen-bond acceptors (Lipinski definition) is 3. The Balaban J connectivity index is 1.82. The van der Waals surface area contributed by atoms with E-state index in [0.717, 1.165) is 31.0 Å². The van der Waals surface area contributed by atoms with Gasteiger partial charge in [-0.1, -0.05) is 6.92 Å². The van der Waals surface area contributed by atoms with Gasteiger partial charge in [-0.2, -0.15) is 5.26 Å². The summed E-state index contributed by atoms with van der Waals surface area (Å²) in [6.07, 6.45) is 4.20. The fraction of sp³-hybridized carbons (Fsp3) is 0.562. The van der Waals surface area contributed by atoms with E-state index in [2.05, 4.69) is 11.4 Å². The van der Waals surface area contributed by atoms with Crippen LogP contribution in [0.1, 0.15) is 39.0 Å². The largest absolute Gasteiger partial charge is 0.490 e. The Bertz CT molecular complexity index is 525. The van der Waals surface area contributed by atoms with E-state index < -0.39 is 17.2 Å². The summed E-state index contributed by atoms with van der Waals surface area (Å²) in [4.78, 5) is 0. The monoisotopic (exact) mass is 294 g/mol. The molecule has 1 fully saturated rings. The van der Waals surface area contributed by atoms with Crippen molar-refractivity contribution >= 4 is 0 Å². The predicted molar refractivity (Wildman–Crippen MR) is 75.9 cm³/mol. The van der Waals surface area contributed by atoms with Crippen LogP contribution in [0.15, 0.2) is 18.2 Å². The quantitative estimate of drug-likeness (QED) is 0.746. The third kappa shape index (κ3) is 4.40. The van der Waals surface area contributed by atoms with Gasteiger partial charge >= 0.3 is 0 Å². The first-order valence-electron chi connectivity index (χ1n) is 7.35. The molecule has 0 aromatic heterocycles. The number of nitriles is 1. The number of halogens is 2. The zero-order valence-corrected chi connectivity index (χ0v) is 12.2. The average molecular weight is 294 g/mol. The third-order valence-corrected chi connectivity index (χ3v) is 3.77. The van der Waals surface area contributed by atoms with E-state index in [1.165, 1.54) is 0 Å². The van der Waals surface area contributed by atoms with Gasteiger partial charge in [-0.05, 0) is 44.2 Å². The highest BCUT2D eigenvalue weighted by molar-refractivity contribution is 5.24. The van der Waals surface area contributed by atoms with E-state index in [0.29, 0.717) is 25.3 Å². The van der Waals surface area contributed by atoms with Gasteiger partial charge in [-0.25, -0.2) is 8.78 Å². The van der Waals surface area contributed by atoms with Crippen LogP contribution in [0, 0.1) is 23.0 Å². The van der Waals surface area contributed by atoms with Gasteiger partial charge in [0.2, 0.25) is 0 Å². The number of hydrogen-bond donors (Lipinski definition) is 1. The van der Waals surface area contributed by atoms with Crippen LogP contribution in [-0.4, -0.2) is 18.2 Å². The summed E-state index contributed by atoms with van der Waals surface area (Å²) < 4.78 is 31.7. The van der Waals surface area contributed by atoms with Crippen LogP contribution in [-0.2, 0) is 0 Å². The van der Waals surface area contributed by atoms with Crippen molar-refractivity contribution in [3.05, 3.63) is 29.8 Å². The number of nitrogens with zero attached hydrogens (tertiary/aromatic N) is 1. The molecule has 0 saturated heterocycles. The van der Waals surface area contributed by atoms with E-state index >= 15 is 0 Å². The van der Waals surface area contributed by atoms with Crippen LogP contribution in [0.3, 0.4) is 0 Å². The molecule has 3 nitrogen and oxygen atoms in total. The molecule has 0 spiro atoms. The summed E-state index contributed by atoms with van der Waals surface area (Å²) >= 11 is 0. The molecule has 0 bridgehead atoms. The van der Waals surface area contributed by atoms with Crippen LogP contribution < -0.4 is 10.1 Å². The summed E-state index contributed by atoms with van der Waals surface area (Å²) in [7, 11) is 0. The molecular weight excluding hydrogens is 274 g/mol. The Labute approximate surface area is 123 Å². The van der Waals surface area contributed by atoms with Crippen molar-refractivity contribution in [2.24, 2.45) is 0 Å².